The highest BCUT2D eigenvalue weighted by atomic mass is 79.9. The van der Waals surface area contributed by atoms with E-state index in [1.54, 1.807) is 24.3 Å². The van der Waals surface area contributed by atoms with Gasteiger partial charge in [-0.25, -0.2) is 4.98 Å². The predicted molar refractivity (Wildman–Crippen MR) is 115 cm³/mol. The van der Waals surface area contributed by atoms with Gasteiger partial charge in [0.1, 0.15) is 22.3 Å². The van der Waals surface area contributed by atoms with Gasteiger partial charge >= 0.3 is 17.9 Å². The summed E-state index contributed by atoms with van der Waals surface area (Å²) in [5.74, 6) is -2.73. The quantitative estimate of drug-likeness (QED) is 0.180. The smallest absolute Gasteiger partial charge is 0.303 e. The Morgan fingerprint density at radius 3 is 2.36 bits per heavy atom. The zero-order valence-electron chi connectivity index (χ0n) is 18.1. The van der Waals surface area contributed by atoms with Crippen molar-refractivity contribution in [2.24, 2.45) is 0 Å². The molecule has 1 aromatic heterocycles. The van der Waals surface area contributed by atoms with Crippen LogP contribution in [0.25, 0.3) is 6.08 Å². The number of esters is 3. The number of hydrogen-bond acceptors (Lipinski definition) is 10. The topological polar surface area (TPSA) is 154 Å². The maximum atomic E-state index is 12.5. The van der Waals surface area contributed by atoms with Crippen LogP contribution in [-0.2, 0) is 38.1 Å². The zero-order valence-corrected chi connectivity index (χ0v) is 19.7. The lowest BCUT2D eigenvalue weighted by Crippen LogP contribution is -2.59. The van der Waals surface area contributed by atoms with Crippen LogP contribution in [0.2, 0.25) is 0 Å². The fourth-order valence-electron chi connectivity index (χ4n) is 3.08. The number of hydrogen-bond donors (Lipinski definition) is 1. The third-order valence-electron chi connectivity index (χ3n) is 4.31. The first-order valence-corrected chi connectivity index (χ1v) is 10.6. The third-order valence-corrected chi connectivity index (χ3v) is 4.75. The van der Waals surface area contributed by atoms with Crippen LogP contribution in [0.5, 0.6) is 0 Å². The van der Waals surface area contributed by atoms with Crippen LogP contribution in [0.3, 0.4) is 0 Å². The molecule has 12 heteroatoms. The summed E-state index contributed by atoms with van der Waals surface area (Å²) in [6.07, 6.45) is -2.98. The van der Waals surface area contributed by atoms with Crippen LogP contribution in [-0.4, -0.2) is 66.4 Å². The number of pyridine rings is 1. The van der Waals surface area contributed by atoms with Crippen LogP contribution in [0.4, 0.5) is 0 Å². The van der Waals surface area contributed by atoms with Gasteiger partial charge in [-0.1, -0.05) is 6.07 Å². The summed E-state index contributed by atoms with van der Waals surface area (Å²) in [7, 11) is 0. The van der Waals surface area contributed by atoms with Crippen molar-refractivity contribution in [3.8, 4) is 6.07 Å². The monoisotopic (exact) mass is 523 g/mol. The van der Waals surface area contributed by atoms with Gasteiger partial charge in [-0.15, -0.1) is 0 Å². The normalized spacial score (nSPS) is 22.5. The molecule has 1 amide bonds. The standard InChI is InChI=1S/C21H22BrN3O8/c1-11(26)31-17-10-30-16(19(32-12(2)27)20(17)33-13(3)28)9-24-21(29)14(8-23)7-15-5-4-6-18(22)25-15/h4-7,16-17,19-20H,9-10H2,1-3H3,(H,24,29). The molecular formula is C21H22BrN3O8. The van der Waals surface area contributed by atoms with Crippen LogP contribution >= 0.6 is 15.9 Å². The van der Waals surface area contributed by atoms with Crippen LogP contribution in [0.1, 0.15) is 26.5 Å². The van der Waals surface area contributed by atoms with E-state index in [0.29, 0.717) is 10.3 Å². The number of halogens is 1. The first kappa shape index (κ1) is 26.0. The molecule has 1 aliphatic rings. The van der Waals surface area contributed by atoms with E-state index < -0.39 is 48.2 Å². The van der Waals surface area contributed by atoms with Gasteiger partial charge in [0, 0.05) is 27.3 Å². The van der Waals surface area contributed by atoms with Gasteiger partial charge in [0.15, 0.2) is 18.3 Å². The van der Waals surface area contributed by atoms with Crippen molar-refractivity contribution in [1.82, 2.24) is 10.3 Å². The Hall–Kier alpha value is -3.30. The highest BCUT2D eigenvalue weighted by molar-refractivity contribution is 9.10. The van der Waals surface area contributed by atoms with Crippen molar-refractivity contribution in [1.29, 1.82) is 5.26 Å². The van der Waals surface area contributed by atoms with Crippen LogP contribution in [0, 0.1) is 11.3 Å². The maximum Gasteiger partial charge on any atom is 0.303 e. The summed E-state index contributed by atoms with van der Waals surface area (Å²) >= 11 is 3.21. The van der Waals surface area contributed by atoms with E-state index in [4.69, 9.17) is 18.9 Å². The number of amides is 1. The molecular weight excluding hydrogens is 502 g/mol. The number of carbonyl (C=O) groups is 4. The Morgan fingerprint density at radius 1 is 1.15 bits per heavy atom. The second kappa shape index (κ2) is 12.1. The molecule has 0 aromatic carbocycles. The second-order valence-electron chi connectivity index (χ2n) is 6.93. The predicted octanol–water partition coefficient (Wildman–Crippen LogP) is 1.06. The van der Waals surface area contributed by atoms with E-state index in [-0.39, 0.29) is 18.7 Å². The summed E-state index contributed by atoms with van der Waals surface area (Å²) in [6.45, 7) is 3.12. The first-order valence-electron chi connectivity index (χ1n) is 9.76. The van der Waals surface area contributed by atoms with Crippen molar-refractivity contribution in [3.63, 3.8) is 0 Å². The fraction of sp³-hybridized carbons (Fsp3) is 0.429. The molecule has 2 rings (SSSR count). The van der Waals surface area contributed by atoms with Crippen molar-refractivity contribution in [2.45, 2.75) is 45.2 Å². The molecule has 0 saturated carbocycles. The zero-order chi connectivity index (χ0) is 24.5. The number of rotatable bonds is 7. The van der Waals surface area contributed by atoms with E-state index >= 15 is 0 Å². The number of ether oxygens (including phenoxy) is 4. The molecule has 0 radical (unpaired) electrons. The summed E-state index contributed by atoms with van der Waals surface area (Å²) in [6, 6.07) is 6.82. The Labute approximate surface area is 198 Å². The molecule has 1 aromatic rings. The van der Waals surface area contributed by atoms with Gasteiger partial charge in [-0.05, 0) is 34.1 Å². The van der Waals surface area contributed by atoms with E-state index in [9.17, 15) is 24.4 Å². The summed E-state index contributed by atoms with van der Waals surface area (Å²) < 4.78 is 21.8. The number of nitriles is 1. The van der Waals surface area contributed by atoms with Gasteiger partial charge in [0.2, 0.25) is 0 Å². The molecule has 0 bridgehead atoms. The molecule has 1 saturated heterocycles. The SMILES string of the molecule is CC(=O)OC1COC(CNC(=O)C(C#N)=Cc2cccc(Br)n2)C(OC(C)=O)C1OC(C)=O. The number of carbonyl (C=O) groups excluding carboxylic acids is 4. The highest BCUT2D eigenvalue weighted by Crippen LogP contribution is 2.24. The molecule has 4 unspecified atom stereocenters. The Balaban J connectivity index is 2.18. The molecule has 176 valence electrons. The van der Waals surface area contributed by atoms with Gasteiger partial charge in [0.05, 0.1) is 12.3 Å². The average Bonchev–Trinajstić information content (AvgIpc) is 2.72. The Morgan fingerprint density at radius 2 is 1.79 bits per heavy atom. The lowest BCUT2D eigenvalue weighted by atomic mass is 9.98. The molecule has 1 aliphatic heterocycles. The Bertz CT molecular complexity index is 990. The van der Waals surface area contributed by atoms with Gasteiger partial charge in [-0.3, -0.25) is 19.2 Å². The number of aromatic nitrogens is 1. The summed E-state index contributed by atoms with van der Waals surface area (Å²) in [5.41, 5.74) is 0.177. The highest BCUT2D eigenvalue weighted by Gasteiger charge is 2.46. The molecule has 0 spiro atoms. The minimum atomic E-state index is -1.17. The molecule has 11 nitrogen and oxygen atoms in total. The first-order chi connectivity index (χ1) is 15.6. The van der Waals surface area contributed by atoms with E-state index in [0.717, 1.165) is 13.8 Å². The molecule has 2 heterocycles. The molecule has 1 N–H and O–H groups in total. The van der Waals surface area contributed by atoms with Crippen molar-refractivity contribution in [2.75, 3.05) is 13.2 Å². The van der Waals surface area contributed by atoms with Crippen LogP contribution < -0.4 is 5.32 Å². The van der Waals surface area contributed by atoms with Gasteiger partial charge < -0.3 is 24.3 Å². The van der Waals surface area contributed by atoms with E-state index in [1.165, 1.54) is 13.0 Å². The minimum Gasteiger partial charge on any atom is -0.456 e. The van der Waals surface area contributed by atoms with E-state index in [2.05, 4.69) is 26.2 Å². The van der Waals surface area contributed by atoms with Crippen molar-refractivity contribution in [3.05, 3.63) is 34.1 Å². The molecule has 0 aliphatic carbocycles. The molecule has 33 heavy (non-hydrogen) atoms. The minimum absolute atomic E-state index is 0.168. The maximum absolute atomic E-state index is 12.5. The van der Waals surface area contributed by atoms with Crippen molar-refractivity contribution < 1.29 is 38.1 Å². The fourth-order valence-corrected chi connectivity index (χ4v) is 3.44. The number of nitrogens with one attached hydrogen (secondary N) is 1. The van der Waals surface area contributed by atoms with Gasteiger partial charge in [0.25, 0.3) is 5.91 Å². The molecule has 1 fully saturated rings. The van der Waals surface area contributed by atoms with E-state index in [1.807, 2.05) is 0 Å². The van der Waals surface area contributed by atoms with Crippen LogP contribution in [0.15, 0.2) is 28.4 Å². The largest absolute Gasteiger partial charge is 0.456 e. The third kappa shape index (κ3) is 7.96. The van der Waals surface area contributed by atoms with Gasteiger partial charge in [-0.2, -0.15) is 5.26 Å². The number of nitrogens with zero attached hydrogens (tertiary/aromatic N) is 2. The molecule has 4 atom stereocenters. The lowest BCUT2D eigenvalue weighted by molar-refractivity contribution is -0.224. The lowest BCUT2D eigenvalue weighted by Gasteiger charge is -2.40. The van der Waals surface area contributed by atoms with Crippen molar-refractivity contribution >= 4 is 45.8 Å². The average molecular weight is 524 g/mol. The second-order valence-corrected chi connectivity index (χ2v) is 7.75. The summed E-state index contributed by atoms with van der Waals surface area (Å²) in [4.78, 5) is 51.4. The Kier molecular flexibility index (Phi) is 9.50. The summed E-state index contributed by atoms with van der Waals surface area (Å²) in [5, 5.41) is 11.9.